The van der Waals surface area contributed by atoms with Crippen LogP contribution in [0.4, 0.5) is 17.1 Å². The van der Waals surface area contributed by atoms with E-state index >= 15 is 0 Å². The molecule has 0 heterocycles. The minimum atomic E-state index is -0.220. The number of para-hydroxylation sites is 2. The first kappa shape index (κ1) is 39.6. The van der Waals surface area contributed by atoms with Gasteiger partial charge in [0.25, 0.3) is 0 Å². The van der Waals surface area contributed by atoms with Gasteiger partial charge in [0.2, 0.25) is 0 Å². The number of benzene rings is 4. The minimum Gasteiger partial charge on any atom is -0.493 e. The van der Waals surface area contributed by atoms with Gasteiger partial charge in [-0.15, -0.1) is 0 Å². The van der Waals surface area contributed by atoms with E-state index in [1.54, 1.807) is 0 Å². The van der Waals surface area contributed by atoms with E-state index in [1.165, 1.54) is 44.8 Å². The molecule has 276 valence electrons. The summed E-state index contributed by atoms with van der Waals surface area (Å²) in [5.74, 6) is 3.45. The van der Waals surface area contributed by atoms with Crippen molar-refractivity contribution < 1.29 is 9.47 Å². The Morgan fingerprint density at radius 1 is 0.529 bits per heavy atom. The number of hydrogen-bond acceptors (Lipinski definition) is 6. The molecule has 5 N–H and O–H groups in total. The first-order valence-corrected chi connectivity index (χ1v) is 19.1. The van der Waals surface area contributed by atoms with Crippen molar-refractivity contribution in [3.63, 3.8) is 0 Å². The van der Waals surface area contributed by atoms with Crippen LogP contribution in [-0.4, -0.2) is 32.8 Å². The van der Waals surface area contributed by atoms with Crippen molar-refractivity contribution in [2.45, 2.75) is 105 Å². The van der Waals surface area contributed by atoms with E-state index < -0.39 is 0 Å². The van der Waals surface area contributed by atoms with Gasteiger partial charge in [0.15, 0.2) is 0 Å². The van der Waals surface area contributed by atoms with Crippen LogP contribution in [0.25, 0.3) is 0 Å². The predicted octanol–water partition coefficient (Wildman–Crippen LogP) is 11.3. The van der Waals surface area contributed by atoms with Crippen LogP contribution in [0.15, 0.2) is 72.8 Å². The molecule has 0 saturated carbocycles. The van der Waals surface area contributed by atoms with E-state index in [0.717, 1.165) is 42.3 Å². The van der Waals surface area contributed by atoms with Crippen LogP contribution in [0.5, 0.6) is 11.5 Å². The van der Waals surface area contributed by atoms with Crippen molar-refractivity contribution in [3.8, 4) is 11.5 Å². The highest BCUT2D eigenvalue weighted by Crippen LogP contribution is 2.35. The summed E-state index contributed by atoms with van der Waals surface area (Å²) in [5, 5.41) is 11.1. The topological polar surface area (TPSA) is 80.6 Å². The van der Waals surface area contributed by atoms with Gasteiger partial charge in [-0.2, -0.15) is 0 Å². The quantitative estimate of drug-likeness (QED) is 0.0733. The number of nitrogens with one attached hydrogen (secondary N) is 3. The summed E-state index contributed by atoms with van der Waals surface area (Å²) in [7, 11) is 0. The predicted molar refractivity (Wildman–Crippen MR) is 220 cm³/mol. The van der Waals surface area contributed by atoms with Crippen LogP contribution in [0, 0.1) is 13.8 Å². The van der Waals surface area contributed by atoms with Crippen LogP contribution in [0.3, 0.4) is 0 Å². The van der Waals surface area contributed by atoms with Gasteiger partial charge in [-0.3, -0.25) is 0 Å². The highest BCUT2D eigenvalue weighted by Gasteiger charge is 2.18. The maximum Gasteiger partial charge on any atom is 0.142 e. The summed E-state index contributed by atoms with van der Waals surface area (Å²) in [6.45, 7) is 25.5. The molecular weight excluding hydrogens is 629 g/mol. The zero-order chi connectivity index (χ0) is 37.1. The largest absolute Gasteiger partial charge is 0.493 e. The summed E-state index contributed by atoms with van der Waals surface area (Å²) < 4.78 is 12.6. The van der Waals surface area contributed by atoms with Crippen molar-refractivity contribution in [1.82, 2.24) is 0 Å². The van der Waals surface area contributed by atoms with E-state index in [1.807, 2.05) is 6.07 Å². The van der Waals surface area contributed by atoms with Gasteiger partial charge in [0.05, 0.1) is 24.9 Å². The Kier molecular flexibility index (Phi) is 14.7. The van der Waals surface area contributed by atoms with Gasteiger partial charge in [-0.1, -0.05) is 116 Å². The first-order chi connectivity index (χ1) is 24.4. The van der Waals surface area contributed by atoms with Gasteiger partial charge in [-0.05, 0) is 83.5 Å². The van der Waals surface area contributed by atoms with E-state index in [9.17, 15) is 0 Å². The Hall–Kier alpha value is -4.16. The summed E-state index contributed by atoms with van der Waals surface area (Å²) >= 11 is 0. The maximum atomic E-state index is 6.85. The fraction of sp³-hybridized carbons (Fsp3) is 0.467. The lowest BCUT2D eigenvalue weighted by atomic mass is 9.92. The van der Waals surface area contributed by atoms with Gasteiger partial charge in [0.1, 0.15) is 11.5 Å². The van der Waals surface area contributed by atoms with E-state index in [2.05, 4.69) is 152 Å². The molecule has 0 saturated heterocycles. The van der Waals surface area contributed by atoms with Crippen LogP contribution in [-0.2, 0) is 0 Å². The third-order valence-corrected chi connectivity index (χ3v) is 9.49. The molecule has 0 bridgehead atoms. The molecule has 0 amide bonds. The normalized spacial score (nSPS) is 12.1. The molecule has 0 fully saturated rings. The summed E-state index contributed by atoms with van der Waals surface area (Å²) in [6, 6.07) is 25.6. The Morgan fingerprint density at radius 2 is 0.980 bits per heavy atom. The molecule has 1 atom stereocenters. The average molecular weight is 693 g/mol. The molecule has 0 spiro atoms. The van der Waals surface area contributed by atoms with Crippen LogP contribution in [0.1, 0.15) is 130 Å². The van der Waals surface area contributed by atoms with Crippen LogP contribution < -0.4 is 31.2 Å². The number of aryl methyl sites for hydroxylation is 2. The molecule has 0 radical (unpaired) electrons. The fourth-order valence-electron chi connectivity index (χ4n) is 6.64. The lowest BCUT2D eigenvalue weighted by Crippen LogP contribution is -2.23. The second-order valence-electron chi connectivity index (χ2n) is 15.2. The maximum absolute atomic E-state index is 6.85. The van der Waals surface area contributed by atoms with Gasteiger partial charge in [0, 0.05) is 43.0 Å². The monoisotopic (exact) mass is 693 g/mol. The van der Waals surface area contributed by atoms with E-state index in [-0.39, 0.29) is 6.04 Å². The lowest BCUT2D eigenvalue weighted by Gasteiger charge is -2.24. The van der Waals surface area contributed by atoms with E-state index in [4.69, 9.17) is 15.2 Å². The van der Waals surface area contributed by atoms with Crippen molar-refractivity contribution in [3.05, 3.63) is 112 Å². The molecule has 4 rings (SSSR count). The zero-order valence-electron chi connectivity index (χ0n) is 33.0. The van der Waals surface area contributed by atoms with Crippen molar-refractivity contribution in [1.29, 1.82) is 0 Å². The third kappa shape index (κ3) is 10.9. The van der Waals surface area contributed by atoms with Crippen LogP contribution >= 0.6 is 0 Å². The number of anilines is 3. The summed E-state index contributed by atoms with van der Waals surface area (Å²) in [5.41, 5.74) is 19.1. The number of rotatable bonds is 19. The molecular formula is C45H64N4O2. The Balaban J connectivity index is 1.32. The van der Waals surface area contributed by atoms with Crippen LogP contribution in [0.2, 0.25) is 0 Å². The molecule has 6 nitrogen and oxygen atoms in total. The van der Waals surface area contributed by atoms with Crippen molar-refractivity contribution in [2.75, 3.05) is 48.8 Å². The zero-order valence-corrected chi connectivity index (χ0v) is 33.0. The number of ether oxygens (including phenoxy) is 2. The minimum absolute atomic E-state index is 0.220. The molecule has 6 heteroatoms. The van der Waals surface area contributed by atoms with E-state index in [0.29, 0.717) is 43.4 Å². The second-order valence-corrected chi connectivity index (χ2v) is 15.2. The standard InChI is InChI=1S/C45H64N4O2/c1-29(2)35-14-11-15-36(30(3)4)44(35)48-23-22-47-41-27-34(10)19-21-43(41)51-25-13-24-50-42-20-18-33(9)26-39(42)40(46)28-49-45-37(31(5)6)16-12-17-38(45)32(7)8/h11-12,14-21,26-27,29-32,40,47-49H,13,22-25,28,46H2,1-10H3. The molecule has 0 aliphatic rings. The highest BCUT2D eigenvalue weighted by atomic mass is 16.5. The lowest BCUT2D eigenvalue weighted by molar-refractivity contribution is 0.246. The third-order valence-electron chi connectivity index (χ3n) is 9.49. The molecule has 1 unspecified atom stereocenters. The molecule has 0 aromatic heterocycles. The Labute approximate surface area is 308 Å². The smallest absolute Gasteiger partial charge is 0.142 e. The summed E-state index contributed by atoms with van der Waals surface area (Å²) in [6.07, 6.45) is 0.749. The molecule has 4 aromatic rings. The number of hydrogen-bond donors (Lipinski definition) is 4. The molecule has 4 aromatic carbocycles. The second kappa shape index (κ2) is 18.9. The highest BCUT2D eigenvalue weighted by molar-refractivity contribution is 5.62. The number of nitrogens with two attached hydrogens (primary N) is 1. The Morgan fingerprint density at radius 3 is 1.51 bits per heavy atom. The Bertz CT molecular complexity index is 1640. The average Bonchev–Trinajstić information content (AvgIpc) is 3.09. The fourth-order valence-corrected chi connectivity index (χ4v) is 6.64. The van der Waals surface area contributed by atoms with Crippen molar-refractivity contribution in [2.24, 2.45) is 5.73 Å². The van der Waals surface area contributed by atoms with Crippen molar-refractivity contribution >= 4 is 17.1 Å². The summed E-state index contributed by atoms with van der Waals surface area (Å²) in [4.78, 5) is 0. The first-order valence-electron chi connectivity index (χ1n) is 19.1. The molecule has 51 heavy (non-hydrogen) atoms. The SMILES string of the molecule is Cc1ccc(OCCCOc2ccc(C)cc2C(N)CNc2c(C(C)C)cccc2C(C)C)c(NCCNc2c(C(C)C)cccc2C(C)C)c1. The molecule has 0 aliphatic heterocycles. The van der Waals surface area contributed by atoms with Gasteiger partial charge >= 0.3 is 0 Å². The molecule has 0 aliphatic carbocycles. The van der Waals surface area contributed by atoms with Gasteiger partial charge in [-0.25, -0.2) is 0 Å². The van der Waals surface area contributed by atoms with Gasteiger partial charge < -0.3 is 31.2 Å².